The van der Waals surface area contributed by atoms with Crippen molar-refractivity contribution in [3.05, 3.63) is 0 Å². The number of aromatic amines is 1. The Labute approximate surface area is 71.4 Å². The van der Waals surface area contributed by atoms with Crippen LogP contribution in [0.4, 0.5) is 5.82 Å². The topological polar surface area (TPSA) is 44.8 Å². The summed E-state index contributed by atoms with van der Waals surface area (Å²) in [6.45, 7) is 4.17. The van der Waals surface area contributed by atoms with Gasteiger partial charge in [-0.05, 0) is 13.8 Å². The summed E-state index contributed by atoms with van der Waals surface area (Å²) in [5.74, 6) is 0.795. The summed E-state index contributed by atoms with van der Waals surface area (Å²) >= 11 is 4.16. The SMILES string of the molecule is CC(C)N(C)c1nn[nH]c1S. The highest BCUT2D eigenvalue weighted by Crippen LogP contribution is 2.17. The number of aromatic nitrogens is 3. The Hall–Kier alpha value is -0.710. The lowest BCUT2D eigenvalue weighted by atomic mass is 10.3. The molecule has 1 N–H and O–H groups in total. The maximum absolute atomic E-state index is 4.16. The summed E-state index contributed by atoms with van der Waals surface area (Å²) in [5.41, 5.74) is 0. The fourth-order valence-electron chi connectivity index (χ4n) is 0.699. The molecule has 0 aliphatic heterocycles. The van der Waals surface area contributed by atoms with Gasteiger partial charge in [0.2, 0.25) is 0 Å². The molecule has 0 atom stereocenters. The molecule has 0 saturated heterocycles. The van der Waals surface area contributed by atoms with E-state index in [4.69, 9.17) is 0 Å². The van der Waals surface area contributed by atoms with Crippen LogP contribution in [0.3, 0.4) is 0 Å². The molecule has 0 unspecified atom stereocenters. The van der Waals surface area contributed by atoms with E-state index in [-0.39, 0.29) is 0 Å². The third-order valence-corrected chi connectivity index (χ3v) is 1.92. The van der Waals surface area contributed by atoms with Gasteiger partial charge in [-0.2, -0.15) is 0 Å². The highest BCUT2D eigenvalue weighted by molar-refractivity contribution is 7.80. The number of anilines is 1. The summed E-state index contributed by atoms with van der Waals surface area (Å²) in [4.78, 5) is 2.01. The van der Waals surface area contributed by atoms with Gasteiger partial charge in [0, 0.05) is 13.1 Å². The van der Waals surface area contributed by atoms with Crippen LogP contribution in [0.15, 0.2) is 5.03 Å². The van der Waals surface area contributed by atoms with E-state index in [2.05, 4.69) is 41.9 Å². The molecule has 5 heteroatoms. The van der Waals surface area contributed by atoms with Gasteiger partial charge in [-0.15, -0.1) is 17.7 Å². The molecule has 0 aliphatic rings. The van der Waals surface area contributed by atoms with Crippen molar-refractivity contribution in [1.82, 2.24) is 15.4 Å². The lowest BCUT2D eigenvalue weighted by molar-refractivity contribution is 0.735. The van der Waals surface area contributed by atoms with Crippen molar-refractivity contribution in [3.8, 4) is 0 Å². The summed E-state index contributed by atoms with van der Waals surface area (Å²) in [7, 11) is 1.96. The van der Waals surface area contributed by atoms with Crippen molar-refractivity contribution >= 4 is 18.4 Å². The molecule has 1 rings (SSSR count). The Bertz CT molecular complexity index is 232. The third-order valence-electron chi connectivity index (χ3n) is 1.62. The van der Waals surface area contributed by atoms with Gasteiger partial charge in [0.1, 0.15) is 5.03 Å². The lowest BCUT2D eigenvalue weighted by Gasteiger charge is -2.20. The number of H-pyrrole nitrogens is 1. The second kappa shape index (κ2) is 3.13. The van der Waals surface area contributed by atoms with E-state index in [1.54, 1.807) is 0 Å². The van der Waals surface area contributed by atoms with Gasteiger partial charge in [-0.25, -0.2) is 5.10 Å². The number of rotatable bonds is 2. The van der Waals surface area contributed by atoms with E-state index < -0.39 is 0 Å². The average molecular weight is 172 g/mol. The largest absolute Gasteiger partial charge is 0.353 e. The van der Waals surface area contributed by atoms with E-state index in [1.807, 2.05) is 11.9 Å². The Balaban J connectivity index is 2.84. The third kappa shape index (κ3) is 1.65. The normalized spacial score (nSPS) is 10.6. The molecule has 4 nitrogen and oxygen atoms in total. The van der Waals surface area contributed by atoms with Gasteiger partial charge in [-0.1, -0.05) is 5.21 Å². The Kier molecular flexibility index (Phi) is 2.38. The van der Waals surface area contributed by atoms with Crippen LogP contribution in [0.25, 0.3) is 0 Å². The standard InChI is InChI=1S/C6H12N4S/c1-4(2)10(3)5-6(11)8-9-7-5/h4H,1-3H3,(H2,7,8,9,11). The van der Waals surface area contributed by atoms with E-state index in [0.29, 0.717) is 11.1 Å². The molecule has 0 radical (unpaired) electrons. The average Bonchev–Trinajstić information content (AvgIpc) is 2.33. The molecule has 62 valence electrons. The fraction of sp³-hybridized carbons (Fsp3) is 0.667. The molecule has 0 aromatic carbocycles. The van der Waals surface area contributed by atoms with Crippen LogP contribution in [-0.4, -0.2) is 28.5 Å². The highest BCUT2D eigenvalue weighted by atomic mass is 32.1. The Morgan fingerprint density at radius 3 is 2.55 bits per heavy atom. The molecule has 0 fully saturated rings. The summed E-state index contributed by atoms with van der Waals surface area (Å²) in [5, 5.41) is 10.9. The van der Waals surface area contributed by atoms with E-state index in [9.17, 15) is 0 Å². The van der Waals surface area contributed by atoms with E-state index in [1.165, 1.54) is 0 Å². The van der Waals surface area contributed by atoms with Gasteiger partial charge < -0.3 is 4.90 Å². The minimum absolute atomic E-state index is 0.408. The number of nitrogens with zero attached hydrogens (tertiary/aromatic N) is 3. The molecule has 0 saturated carbocycles. The van der Waals surface area contributed by atoms with Crippen molar-refractivity contribution in [3.63, 3.8) is 0 Å². The van der Waals surface area contributed by atoms with Crippen LogP contribution in [0, 0.1) is 0 Å². The number of nitrogens with one attached hydrogen (secondary N) is 1. The van der Waals surface area contributed by atoms with Gasteiger partial charge in [0.25, 0.3) is 0 Å². The van der Waals surface area contributed by atoms with Gasteiger partial charge >= 0.3 is 0 Å². The molecule has 0 spiro atoms. The molecule has 1 aromatic heterocycles. The van der Waals surface area contributed by atoms with Crippen LogP contribution < -0.4 is 4.90 Å². The van der Waals surface area contributed by atoms with E-state index >= 15 is 0 Å². The quantitative estimate of drug-likeness (QED) is 0.652. The minimum atomic E-state index is 0.408. The molecule has 0 aliphatic carbocycles. The smallest absolute Gasteiger partial charge is 0.184 e. The molecule has 1 aromatic rings. The zero-order valence-corrected chi connectivity index (χ0v) is 7.76. The summed E-state index contributed by atoms with van der Waals surface area (Å²) < 4.78 is 0. The van der Waals surface area contributed by atoms with Crippen LogP contribution in [0.2, 0.25) is 0 Å². The number of thiol groups is 1. The maximum atomic E-state index is 4.16. The molecule has 11 heavy (non-hydrogen) atoms. The molecular formula is C6H12N4S. The van der Waals surface area contributed by atoms with E-state index in [0.717, 1.165) is 5.82 Å². The van der Waals surface area contributed by atoms with Crippen LogP contribution in [-0.2, 0) is 0 Å². The van der Waals surface area contributed by atoms with Crippen LogP contribution >= 0.6 is 12.6 Å². The first-order valence-corrected chi connectivity index (χ1v) is 3.90. The maximum Gasteiger partial charge on any atom is 0.184 e. The Morgan fingerprint density at radius 2 is 2.18 bits per heavy atom. The summed E-state index contributed by atoms with van der Waals surface area (Å²) in [6.07, 6.45) is 0. The first-order chi connectivity index (χ1) is 5.13. The number of hydrogen-bond donors (Lipinski definition) is 2. The molecule has 1 heterocycles. The zero-order chi connectivity index (χ0) is 8.43. The first kappa shape index (κ1) is 8.39. The van der Waals surface area contributed by atoms with Crippen LogP contribution in [0.1, 0.15) is 13.8 Å². The molecule has 0 bridgehead atoms. The molecular weight excluding hydrogens is 160 g/mol. The second-order valence-electron chi connectivity index (χ2n) is 2.69. The molecule has 0 amide bonds. The van der Waals surface area contributed by atoms with Crippen molar-refractivity contribution in [2.75, 3.05) is 11.9 Å². The zero-order valence-electron chi connectivity index (χ0n) is 6.87. The van der Waals surface area contributed by atoms with Gasteiger partial charge in [0.05, 0.1) is 0 Å². The first-order valence-electron chi connectivity index (χ1n) is 3.45. The lowest BCUT2D eigenvalue weighted by Crippen LogP contribution is -2.26. The van der Waals surface area contributed by atoms with Crippen LogP contribution in [0.5, 0.6) is 0 Å². The monoisotopic (exact) mass is 172 g/mol. The Morgan fingerprint density at radius 1 is 1.55 bits per heavy atom. The predicted molar refractivity (Wildman–Crippen MR) is 47.2 cm³/mol. The highest BCUT2D eigenvalue weighted by Gasteiger charge is 2.10. The second-order valence-corrected chi connectivity index (χ2v) is 3.14. The van der Waals surface area contributed by atoms with Crippen molar-refractivity contribution in [1.29, 1.82) is 0 Å². The summed E-state index contributed by atoms with van der Waals surface area (Å²) in [6, 6.07) is 0.408. The van der Waals surface area contributed by atoms with Gasteiger partial charge in [0.15, 0.2) is 5.82 Å². The predicted octanol–water partition coefficient (Wildman–Crippen LogP) is 0.938. The number of hydrogen-bond acceptors (Lipinski definition) is 4. The van der Waals surface area contributed by atoms with Crippen molar-refractivity contribution in [2.24, 2.45) is 0 Å². The van der Waals surface area contributed by atoms with Gasteiger partial charge in [-0.3, -0.25) is 0 Å². The minimum Gasteiger partial charge on any atom is -0.353 e. The fourth-order valence-corrected chi connectivity index (χ4v) is 0.946. The van der Waals surface area contributed by atoms with Crippen molar-refractivity contribution < 1.29 is 0 Å². The van der Waals surface area contributed by atoms with Crippen molar-refractivity contribution in [2.45, 2.75) is 24.9 Å².